The second-order valence-corrected chi connectivity index (χ2v) is 6.42. The van der Waals surface area contributed by atoms with E-state index in [1.165, 1.54) is 11.8 Å². The summed E-state index contributed by atoms with van der Waals surface area (Å²) in [5.41, 5.74) is 1.21. The number of methoxy groups -OCH3 is 1. The van der Waals surface area contributed by atoms with Crippen molar-refractivity contribution in [3.05, 3.63) is 41.7 Å². The van der Waals surface area contributed by atoms with Crippen molar-refractivity contribution in [2.45, 2.75) is 31.9 Å². The summed E-state index contributed by atoms with van der Waals surface area (Å²) in [4.78, 5) is 14.5. The van der Waals surface area contributed by atoms with Crippen molar-refractivity contribution in [2.75, 3.05) is 25.2 Å². The molecule has 7 heteroatoms. The van der Waals surface area contributed by atoms with Gasteiger partial charge in [0.25, 0.3) is 5.91 Å². The lowest BCUT2D eigenvalue weighted by Crippen LogP contribution is -2.29. The van der Waals surface area contributed by atoms with Crippen molar-refractivity contribution in [1.29, 1.82) is 0 Å². The Morgan fingerprint density at radius 2 is 2.08 bits per heavy atom. The molecule has 1 aliphatic rings. The van der Waals surface area contributed by atoms with E-state index in [4.69, 9.17) is 4.74 Å². The summed E-state index contributed by atoms with van der Waals surface area (Å²) >= 11 is 0. The van der Waals surface area contributed by atoms with Crippen molar-refractivity contribution in [3.8, 4) is 0 Å². The molecular formula is C17H22N4O3. The number of carbonyl (C=O) groups is 1. The summed E-state index contributed by atoms with van der Waals surface area (Å²) in [6.07, 6.45) is 2.28. The highest BCUT2D eigenvalue weighted by atomic mass is 16.5. The lowest BCUT2D eigenvalue weighted by Gasteiger charge is -2.19. The van der Waals surface area contributed by atoms with Gasteiger partial charge >= 0.3 is 0 Å². The summed E-state index contributed by atoms with van der Waals surface area (Å²) in [5.74, 6) is -0.0123. The minimum absolute atomic E-state index is 0.0123. The van der Waals surface area contributed by atoms with Crippen LogP contribution >= 0.6 is 0 Å². The van der Waals surface area contributed by atoms with Crippen molar-refractivity contribution < 1.29 is 14.6 Å². The fourth-order valence-electron chi connectivity index (χ4n) is 2.92. The van der Waals surface area contributed by atoms with Gasteiger partial charge in [0.1, 0.15) is 17.3 Å². The fourth-order valence-corrected chi connectivity index (χ4v) is 2.92. The maximum Gasteiger partial charge on any atom is 0.251 e. The lowest BCUT2D eigenvalue weighted by atomic mass is 10.1. The molecule has 1 aromatic heterocycles. The summed E-state index contributed by atoms with van der Waals surface area (Å²) < 4.78 is 6.54. The first kappa shape index (κ1) is 16.6. The Labute approximate surface area is 140 Å². The molecule has 0 aliphatic carbocycles. The molecule has 24 heavy (non-hydrogen) atoms. The molecule has 1 saturated heterocycles. The number of anilines is 1. The zero-order valence-electron chi connectivity index (χ0n) is 14.1. The predicted octanol–water partition coefficient (Wildman–Crippen LogP) is 1.42. The SMILES string of the molecule is COCC(C)(O)c1cn(C2CCN(c3ccc(C)cc3)C2=O)nn1. The number of aryl methyl sites for hydroxylation is 1. The molecule has 1 fully saturated rings. The maximum atomic E-state index is 12.7. The predicted molar refractivity (Wildman–Crippen MR) is 88.7 cm³/mol. The molecule has 128 valence electrons. The number of rotatable bonds is 5. The van der Waals surface area contributed by atoms with Gasteiger partial charge in [-0.3, -0.25) is 4.79 Å². The minimum Gasteiger partial charge on any atom is -0.381 e. The normalized spacial score (nSPS) is 20.4. The zero-order chi connectivity index (χ0) is 17.3. The minimum atomic E-state index is -1.23. The number of carbonyl (C=O) groups excluding carboxylic acids is 1. The van der Waals surface area contributed by atoms with Crippen LogP contribution in [-0.2, 0) is 15.1 Å². The van der Waals surface area contributed by atoms with Gasteiger partial charge in [-0.25, -0.2) is 4.68 Å². The molecule has 3 rings (SSSR count). The topological polar surface area (TPSA) is 80.5 Å². The van der Waals surface area contributed by atoms with E-state index in [0.29, 0.717) is 18.7 Å². The smallest absolute Gasteiger partial charge is 0.251 e. The molecule has 1 amide bonds. The highest BCUT2D eigenvalue weighted by Crippen LogP contribution is 2.29. The van der Waals surface area contributed by atoms with E-state index < -0.39 is 11.6 Å². The van der Waals surface area contributed by atoms with Gasteiger partial charge in [-0.1, -0.05) is 22.9 Å². The van der Waals surface area contributed by atoms with Crippen LogP contribution in [0.5, 0.6) is 0 Å². The highest BCUT2D eigenvalue weighted by molar-refractivity contribution is 5.98. The Hall–Kier alpha value is -2.25. The summed E-state index contributed by atoms with van der Waals surface area (Å²) in [7, 11) is 1.51. The number of amides is 1. The van der Waals surface area contributed by atoms with E-state index in [9.17, 15) is 9.90 Å². The summed E-state index contributed by atoms with van der Waals surface area (Å²) in [6, 6.07) is 7.49. The number of aromatic nitrogens is 3. The second-order valence-electron chi connectivity index (χ2n) is 6.42. The first-order chi connectivity index (χ1) is 11.4. The quantitative estimate of drug-likeness (QED) is 0.897. The van der Waals surface area contributed by atoms with Gasteiger partial charge in [0, 0.05) is 19.3 Å². The van der Waals surface area contributed by atoms with E-state index in [1.807, 2.05) is 31.2 Å². The van der Waals surface area contributed by atoms with Crippen molar-refractivity contribution in [3.63, 3.8) is 0 Å². The Morgan fingerprint density at radius 3 is 2.75 bits per heavy atom. The Bertz CT molecular complexity index is 724. The Morgan fingerprint density at radius 1 is 1.38 bits per heavy atom. The van der Waals surface area contributed by atoms with Crippen molar-refractivity contribution in [1.82, 2.24) is 15.0 Å². The number of nitrogens with zero attached hydrogens (tertiary/aromatic N) is 4. The molecular weight excluding hydrogens is 308 g/mol. The van der Waals surface area contributed by atoms with Gasteiger partial charge in [0.2, 0.25) is 0 Å². The highest BCUT2D eigenvalue weighted by Gasteiger charge is 2.36. The van der Waals surface area contributed by atoms with Crippen LogP contribution in [0.4, 0.5) is 5.69 Å². The maximum absolute atomic E-state index is 12.7. The summed E-state index contributed by atoms with van der Waals surface area (Å²) in [5, 5.41) is 18.4. The average molecular weight is 330 g/mol. The molecule has 0 saturated carbocycles. The third-order valence-electron chi connectivity index (χ3n) is 4.33. The molecule has 7 nitrogen and oxygen atoms in total. The van der Waals surface area contributed by atoms with Gasteiger partial charge < -0.3 is 14.7 Å². The fraction of sp³-hybridized carbons (Fsp3) is 0.471. The number of hydrogen-bond acceptors (Lipinski definition) is 5. The monoisotopic (exact) mass is 330 g/mol. The lowest BCUT2D eigenvalue weighted by molar-refractivity contribution is -0.120. The van der Waals surface area contributed by atoms with Crippen molar-refractivity contribution >= 4 is 11.6 Å². The molecule has 2 aromatic rings. The van der Waals surface area contributed by atoms with E-state index in [2.05, 4.69) is 10.3 Å². The van der Waals surface area contributed by atoms with E-state index in [1.54, 1.807) is 18.0 Å². The van der Waals surface area contributed by atoms with Gasteiger partial charge in [-0.2, -0.15) is 0 Å². The number of ether oxygens (including phenoxy) is 1. The van der Waals surface area contributed by atoms with Crippen LogP contribution < -0.4 is 4.90 Å². The molecule has 2 atom stereocenters. The van der Waals surface area contributed by atoms with Gasteiger partial charge in [0.05, 0.1) is 12.8 Å². The van der Waals surface area contributed by atoms with Gasteiger partial charge in [0.15, 0.2) is 0 Å². The number of aliphatic hydroxyl groups is 1. The van der Waals surface area contributed by atoms with Crippen molar-refractivity contribution in [2.24, 2.45) is 0 Å². The van der Waals surface area contributed by atoms with E-state index >= 15 is 0 Å². The van der Waals surface area contributed by atoms with Crippen LogP contribution in [0.1, 0.15) is 30.6 Å². The summed E-state index contributed by atoms with van der Waals surface area (Å²) in [6.45, 7) is 4.37. The number of benzene rings is 1. The third kappa shape index (κ3) is 3.05. The molecule has 1 aliphatic heterocycles. The van der Waals surface area contributed by atoms with Crippen LogP contribution in [0.2, 0.25) is 0 Å². The molecule has 2 heterocycles. The van der Waals surface area contributed by atoms with Crippen LogP contribution in [0.25, 0.3) is 0 Å². The molecule has 2 unspecified atom stereocenters. The molecule has 0 spiro atoms. The van der Waals surface area contributed by atoms with Gasteiger partial charge in [-0.15, -0.1) is 5.10 Å². The Balaban J connectivity index is 1.78. The first-order valence-corrected chi connectivity index (χ1v) is 7.94. The standard InChI is InChI=1S/C17H22N4O3/c1-12-4-6-13(7-5-12)20-9-8-14(16(20)22)21-10-15(18-19-21)17(2,23)11-24-3/h4-7,10,14,23H,8-9,11H2,1-3H3. The van der Waals surface area contributed by atoms with Crippen LogP contribution in [0.15, 0.2) is 30.5 Å². The van der Waals surface area contributed by atoms with E-state index in [-0.39, 0.29) is 12.5 Å². The first-order valence-electron chi connectivity index (χ1n) is 7.94. The zero-order valence-corrected chi connectivity index (χ0v) is 14.1. The second kappa shape index (κ2) is 6.33. The molecule has 1 aromatic carbocycles. The Kier molecular flexibility index (Phi) is 4.38. The largest absolute Gasteiger partial charge is 0.381 e. The number of hydrogen-bond donors (Lipinski definition) is 1. The van der Waals surface area contributed by atoms with Crippen LogP contribution in [0, 0.1) is 6.92 Å². The van der Waals surface area contributed by atoms with Gasteiger partial charge in [-0.05, 0) is 32.4 Å². The third-order valence-corrected chi connectivity index (χ3v) is 4.33. The average Bonchev–Trinajstić information content (AvgIpc) is 3.15. The molecule has 0 bridgehead atoms. The van der Waals surface area contributed by atoms with E-state index in [0.717, 1.165) is 11.3 Å². The van der Waals surface area contributed by atoms with Crippen LogP contribution in [0.3, 0.4) is 0 Å². The van der Waals surface area contributed by atoms with Crippen LogP contribution in [-0.4, -0.2) is 46.3 Å². The molecule has 0 radical (unpaired) electrons. The molecule has 1 N–H and O–H groups in total.